The molecule has 1 saturated carbocycles. The van der Waals surface area contributed by atoms with Crippen LogP contribution in [0.4, 0.5) is 4.39 Å². The van der Waals surface area contributed by atoms with Crippen LogP contribution in [-0.4, -0.2) is 35.7 Å². The number of aliphatic carboxylic acids is 1. The van der Waals surface area contributed by atoms with E-state index in [1.54, 1.807) is 0 Å². The molecule has 0 radical (unpaired) electrons. The Morgan fingerprint density at radius 1 is 1.40 bits per heavy atom. The first-order valence-electron chi connectivity index (χ1n) is 5.82. The number of carbonyl (C=O) groups is 1. The Labute approximate surface area is 115 Å². The zero-order valence-corrected chi connectivity index (χ0v) is 11.4. The fourth-order valence-corrected chi connectivity index (χ4v) is 3.86. The highest BCUT2D eigenvalue weighted by atomic mass is 32.2. The second-order valence-electron chi connectivity index (χ2n) is 5.30. The summed E-state index contributed by atoms with van der Waals surface area (Å²) in [4.78, 5) is 10.9. The van der Waals surface area contributed by atoms with Gasteiger partial charge >= 0.3 is 5.97 Å². The lowest BCUT2D eigenvalue weighted by Gasteiger charge is -2.48. The average molecular weight is 303 g/mol. The molecule has 2 rings (SSSR count). The first-order valence-corrected chi connectivity index (χ1v) is 7.30. The van der Waals surface area contributed by atoms with Gasteiger partial charge in [-0.3, -0.25) is 4.79 Å². The van der Waals surface area contributed by atoms with Crippen LogP contribution in [0.1, 0.15) is 19.8 Å². The van der Waals surface area contributed by atoms with Crippen LogP contribution in [0.5, 0.6) is 0 Å². The van der Waals surface area contributed by atoms with Gasteiger partial charge in [-0.1, -0.05) is 6.07 Å². The SMILES string of the molecule is CC1(O)CC(NS(=O)(=O)c2cccc(F)c2)(C(=O)O)C1. The summed E-state index contributed by atoms with van der Waals surface area (Å²) in [6, 6.07) is 4.26. The summed E-state index contributed by atoms with van der Waals surface area (Å²) >= 11 is 0. The number of aliphatic hydroxyl groups is 1. The van der Waals surface area contributed by atoms with E-state index in [1.165, 1.54) is 13.0 Å². The van der Waals surface area contributed by atoms with E-state index in [0.717, 1.165) is 18.2 Å². The lowest BCUT2D eigenvalue weighted by molar-refractivity contribution is -0.162. The molecule has 0 atom stereocenters. The summed E-state index contributed by atoms with van der Waals surface area (Å²) in [5, 5.41) is 18.8. The molecule has 1 aromatic carbocycles. The van der Waals surface area contributed by atoms with Gasteiger partial charge in [0.05, 0.1) is 10.5 Å². The van der Waals surface area contributed by atoms with E-state index >= 15 is 0 Å². The van der Waals surface area contributed by atoms with Gasteiger partial charge in [0.1, 0.15) is 11.4 Å². The van der Waals surface area contributed by atoms with Crippen LogP contribution >= 0.6 is 0 Å². The number of nitrogens with one attached hydrogen (secondary N) is 1. The first kappa shape index (κ1) is 14.9. The van der Waals surface area contributed by atoms with Crippen LogP contribution < -0.4 is 4.72 Å². The molecule has 0 saturated heterocycles. The van der Waals surface area contributed by atoms with Crippen molar-refractivity contribution in [2.75, 3.05) is 0 Å². The average Bonchev–Trinajstić information content (AvgIpc) is 2.25. The summed E-state index contributed by atoms with van der Waals surface area (Å²) in [7, 11) is -4.18. The molecular weight excluding hydrogens is 289 g/mol. The summed E-state index contributed by atoms with van der Waals surface area (Å²) < 4.78 is 39.3. The van der Waals surface area contributed by atoms with Gasteiger partial charge in [0.2, 0.25) is 10.0 Å². The third-order valence-corrected chi connectivity index (χ3v) is 4.74. The molecule has 8 heteroatoms. The van der Waals surface area contributed by atoms with Crippen molar-refractivity contribution in [1.82, 2.24) is 4.72 Å². The molecule has 110 valence electrons. The zero-order valence-electron chi connectivity index (χ0n) is 10.6. The number of hydrogen-bond acceptors (Lipinski definition) is 4. The Morgan fingerprint density at radius 3 is 2.45 bits per heavy atom. The van der Waals surface area contributed by atoms with Gasteiger partial charge in [0.15, 0.2) is 0 Å². The molecule has 0 heterocycles. The molecule has 3 N–H and O–H groups in total. The lowest BCUT2D eigenvalue weighted by Crippen LogP contribution is -2.68. The molecular formula is C12H14FNO5S. The van der Waals surface area contributed by atoms with Gasteiger partial charge < -0.3 is 10.2 Å². The van der Waals surface area contributed by atoms with Crippen LogP contribution in [0, 0.1) is 5.82 Å². The number of halogens is 1. The number of benzene rings is 1. The summed E-state index contributed by atoms with van der Waals surface area (Å²) in [5.41, 5.74) is -2.99. The molecule has 0 aromatic heterocycles. The van der Waals surface area contributed by atoms with E-state index in [2.05, 4.69) is 4.72 Å². The Bertz CT molecular complexity index is 648. The Morgan fingerprint density at radius 2 is 2.00 bits per heavy atom. The number of carboxylic acid groups (broad SMARTS) is 1. The molecule has 0 bridgehead atoms. The minimum Gasteiger partial charge on any atom is -0.480 e. The van der Waals surface area contributed by atoms with E-state index in [9.17, 15) is 22.7 Å². The van der Waals surface area contributed by atoms with Crippen molar-refractivity contribution in [1.29, 1.82) is 0 Å². The number of carboxylic acids is 1. The van der Waals surface area contributed by atoms with E-state index in [4.69, 9.17) is 5.11 Å². The second kappa shape index (κ2) is 4.51. The normalized spacial score (nSPS) is 29.8. The van der Waals surface area contributed by atoms with Gasteiger partial charge in [0, 0.05) is 12.8 Å². The van der Waals surface area contributed by atoms with E-state index in [1.807, 2.05) is 0 Å². The molecule has 0 aliphatic heterocycles. The van der Waals surface area contributed by atoms with Crippen molar-refractivity contribution in [3.05, 3.63) is 30.1 Å². The molecule has 1 aromatic rings. The number of sulfonamides is 1. The molecule has 0 unspecified atom stereocenters. The highest BCUT2D eigenvalue weighted by Crippen LogP contribution is 2.42. The maximum atomic E-state index is 13.1. The third kappa shape index (κ3) is 2.67. The smallest absolute Gasteiger partial charge is 0.325 e. The number of rotatable bonds is 4. The van der Waals surface area contributed by atoms with E-state index < -0.39 is 32.9 Å². The molecule has 1 aliphatic rings. The van der Waals surface area contributed by atoms with Gasteiger partial charge in [-0.05, 0) is 25.1 Å². The Kier molecular flexibility index (Phi) is 3.35. The van der Waals surface area contributed by atoms with Gasteiger partial charge in [-0.25, -0.2) is 12.8 Å². The third-order valence-electron chi connectivity index (χ3n) is 3.21. The maximum absolute atomic E-state index is 13.1. The van der Waals surface area contributed by atoms with Gasteiger partial charge in [-0.2, -0.15) is 4.72 Å². The lowest BCUT2D eigenvalue weighted by atomic mass is 9.66. The largest absolute Gasteiger partial charge is 0.480 e. The zero-order chi connectivity index (χ0) is 15.2. The van der Waals surface area contributed by atoms with Crippen LogP contribution in [0.15, 0.2) is 29.2 Å². The van der Waals surface area contributed by atoms with Crippen molar-refractivity contribution >= 4 is 16.0 Å². The molecule has 20 heavy (non-hydrogen) atoms. The standard InChI is InChI=1S/C12H14FNO5S/c1-11(17)6-12(7-11,10(15)16)14-20(18,19)9-4-2-3-8(13)5-9/h2-5,14,17H,6-7H2,1H3,(H,15,16). The monoisotopic (exact) mass is 303 g/mol. The van der Waals surface area contributed by atoms with E-state index in [-0.39, 0.29) is 17.7 Å². The fraction of sp³-hybridized carbons (Fsp3) is 0.417. The van der Waals surface area contributed by atoms with Crippen molar-refractivity contribution in [3.8, 4) is 0 Å². The molecule has 1 aliphatic carbocycles. The van der Waals surface area contributed by atoms with Gasteiger partial charge in [0.25, 0.3) is 0 Å². The van der Waals surface area contributed by atoms with E-state index in [0.29, 0.717) is 0 Å². The predicted octanol–water partition coefficient (Wildman–Crippen LogP) is 0.472. The predicted molar refractivity (Wildman–Crippen MR) is 66.9 cm³/mol. The molecule has 0 amide bonds. The van der Waals surface area contributed by atoms with Crippen LogP contribution in [-0.2, 0) is 14.8 Å². The molecule has 1 fully saturated rings. The number of hydrogen-bond donors (Lipinski definition) is 3. The Balaban J connectivity index is 2.30. The quantitative estimate of drug-likeness (QED) is 0.750. The highest BCUT2D eigenvalue weighted by molar-refractivity contribution is 7.89. The van der Waals surface area contributed by atoms with Crippen LogP contribution in [0.25, 0.3) is 0 Å². The first-order chi connectivity index (χ1) is 9.06. The fourth-order valence-electron chi connectivity index (χ4n) is 2.47. The minimum absolute atomic E-state index is 0.246. The second-order valence-corrected chi connectivity index (χ2v) is 6.98. The topological polar surface area (TPSA) is 104 Å². The van der Waals surface area contributed by atoms with Crippen molar-refractivity contribution in [2.24, 2.45) is 0 Å². The minimum atomic E-state index is -4.18. The Hall–Kier alpha value is -1.51. The summed E-state index contributed by atoms with van der Waals surface area (Å²) in [6.07, 6.45) is -0.492. The maximum Gasteiger partial charge on any atom is 0.325 e. The van der Waals surface area contributed by atoms with Crippen molar-refractivity contribution < 1.29 is 27.8 Å². The summed E-state index contributed by atoms with van der Waals surface area (Å²) in [5.74, 6) is -2.11. The summed E-state index contributed by atoms with van der Waals surface area (Å²) in [6.45, 7) is 1.42. The van der Waals surface area contributed by atoms with Crippen LogP contribution in [0.3, 0.4) is 0 Å². The van der Waals surface area contributed by atoms with Crippen molar-refractivity contribution in [2.45, 2.75) is 35.8 Å². The van der Waals surface area contributed by atoms with Crippen molar-refractivity contribution in [3.63, 3.8) is 0 Å². The molecule has 0 spiro atoms. The van der Waals surface area contributed by atoms with Crippen LogP contribution in [0.2, 0.25) is 0 Å². The molecule has 6 nitrogen and oxygen atoms in total. The van der Waals surface area contributed by atoms with Gasteiger partial charge in [-0.15, -0.1) is 0 Å². The highest BCUT2D eigenvalue weighted by Gasteiger charge is 2.58.